The zero-order valence-corrected chi connectivity index (χ0v) is 13.2. The fourth-order valence-corrected chi connectivity index (χ4v) is 1.58. The molecule has 1 amide bonds. The maximum absolute atomic E-state index is 11.6. The van der Waals surface area contributed by atoms with Crippen LogP contribution in [-0.4, -0.2) is 42.8 Å². The summed E-state index contributed by atoms with van der Waals surface area (Å²) in [6, 6.07) is 0.382. The molecule has 0 radical (unpaired) electrons. The minimum Gasteiger partial charge on any atom is -0.355 e. The van der Waals surface area contributed by atoms with Gasteiger partial charge in [0.2, 0.25) is 5.91 Å². The predicted molar refractivity (Wildman–Crippen MR) is 79.1 cm³/mol. The molecule has 0 fully saturated rings. The highest BCUT2D eigenvalue weighted by atomic mass is 16.2. The second kappa shape index (κ2) is 9.96. The second-order valence-corrected chi connectivity index (χ2v) is 5.79. The van der Waals surface area contributed by atoms with Gasteiger partial charge in [0.25, 0.3) is 0 Å². The lowest BCUT2D eigenvalue weighted by atomic mass is 10.0. The summed E-state index contributed by atoms with van der Waals surface area (Å²) in [5.41, 5.74) is 0. The van der Waals surface area contributed by atoms with Gasteiger partial charge in [-0.25, -0.2) is 0 Å². The zero-order valence-electron chi connectivity index (χ0n) is 13.2. The Labute approximate surface area is 117 Å². The van der Waals surface area contributed by atoms with Crippen molar-refractivity contribution >= 4 is 11.7 Å². The Balaban J connectivity index is 3.49. The highest BCUT2D eigenvalue weighted by Crippen LogP contribution is 2.05. The van der Waals surface area contributed by atoms with Crippen molar-refractivity contribution in [2.75, 3.05) is 20.1 Å². The summed E-state index contributed by atoms with van der Waals surface area (Å²) in [6.45, 7) is 9.17. The van der Waals surface area contributed by atoms with Crippen molar-refractivity contribution in [3.63, 3.8) is 0 Å². The molecule has 0 aliphatic heterocycles. The van der Waals surface area contributed by atoms with E-state index in [-0.39, 0.29) is 11.8 Å². The van der Waals surface area contributed by atoms with E-state index in [1.165, 1.54) is 0 Å². The number of unbranched alkanes of at least 4 members (excludes halogenated alkanes) is 2. The molecule has 0 aliphatic rings. The average molecular weight is 270 g/mol. The molecule has 0 saturated carbocycles. The molecule has 19 heavy (non-hydrogen) atoms. The fourth-order valence-electron chi connectivity index (χ4n) is 1.58. The van der Waals surface area contributed by atoms with Gasteiger partial charge in [-0.2, -0.15) is 0 Å². The summed E-state index contributed by atoms with van der Waals surface area (Å²) in [5.74, 6) is 0.559. The van der Waals surface area contributed by atoms with Gasteiger partial charge >= 0.3 is 0 Å². The molecule has 0 unspecified atom stereocenters. The number of ketones is 1. The topological polar surface area (TPSA) is 49.4 Å². The van der Waals surface area contributed by atoms with Crippen LogP contribution in [0.25, 0.3) is 0 Å². The predicted octanol–water partition coefficient (Wildman–Crippen LogP) is 2.23. The number of nitrogens with one attached hydrogen (secondary N) is 1. The van der Waals surface area contributed by atoms with Crippen LogP contribution in [0.1, 0.15) is 53.4 Å². The van der Waals surface area contributed by atoms with Crippen LogP contribution in [0, 0.1) is 5.92 Å². The molecule has 0 bridgehead atoms. The summed E-state index contributed by atoms with van der Waals surface area (Å²) in [4.78, 5) is 25.0. The third kappa shape index (κ3) is 9.65. The molecule has 112 valence electrons. The van der Waals surface area contributed by atoms with E-state index >= 15 is 0 Å². The number of amides is 1. The molecule has 0 aromatic heterocycles. The normalized spacial score (nSPS) is 11.4. The Bertz CT molecular complexity index is 275. The van der Waals surface area contributed by atoms with E-state index in [4.69, 9.17) is 0 Å². The number of carbonyl (C=O) groups excluding carboxylic acids is 2. The number of hydrogen-bond acceptors (Lipinski definition) is 3. The van der Waals surface area contributed by atoms with Gasteiger partial charge in [-0.1, -0.05) is 20.3 Å². The van der Waals surface area contributed by atoms with E-state index < -0.39 is 0 Å². The Hall–Kier alpha value is -0.900. The molecule has 0 atom stereocenters. The molecular formula is C15H30N2O2. The van der Waals surface area contributed by atoms with Crippen LogP contribution in [0.2, 0.25) is 0 Å². The largest absolute Gasteiger partial charge is 0.355 e. The van der Waals surface area contributed by atoms with Gasteiger partial charge in [0, 0.05) is 24.9 Å². The molecule has 0 aliphatic carbocycles. The van der Waals surface area contributed by atoms with Crippen LogP contribution in [-0.2, 0) is 9.59 Å². The van der Waals surface area contributed by atoms with Gasteiger partial charge in [-0.15, -0.1) is 0 Å². The molecule has 0 spiro atoms. The number of likely N-dealkylation sites (N-methyl/N-ethyl adjacent to an activating group) is 1. The number of nitrogens with zero attached hydrogens (tertiary/aromatic N) is 1. The Kier molecular flexibility index (Phi) is 9.48. The minimum absolute atomic E-state index is 0.0782. The molecule has 0 aromatic rings. The first-order valence-electron chi connectivity index (χ1n) is 7.34. The highest BCUT2D eigenvalue weighted by Gasteiger charge is 2.09. The van der Waals surface area contributed by atoms with Crippen molar-refractivity contribution in [2.24, 2.45) is 5.92 Å². The monoisotopic (exact) mass is 270 g/mol. The third-order valence-electron chi connectivity index (χ3n) is 3.34. The van der Waals surface area contributed by atoms with E-state index in [1.807, 2.05) is 25.8 Å². The standard InChI is InChI=1S/C15H30N2O2/c1-12(2)14(18)9-7-6-8-10-16-15(19)11-17(5)13(3)4/h12-13H,6-11H2,1-5H3,(H,16,19). The van der Waals surface area contributed by atoms with Gasteiger partial charge in [0.05, 0.1) is 6.54 Å². The molecular weight excluding hydrogens is 240 g/mol. The maximum Gasteiger partial charge on any atom is 0.234 e. The van der Waals surface area contributed by atoms with Gasteiger partial charge in [-0.05, 0) is 33.7 Å². The number of hydrogen-bond donors (Lipinski definition) is 1. The molecule has 4 heteroatoms. The summed E-state index contributed by atoms with van der Waals surface area (Å²) in [7, 11) is 1.95. The van der Waals surface area contributed by atoms with Crippen LogP contribution in [0.5, 0.6) is 0 Å². The van der Waals surface area contributed by atoms with E-state index in [0.717, 1.165) is 19.3 Å². The summed E-state index contributed by atoms with van der Waals surface area (Å²) in [6.07, 6.45) is 3.54. The molecule has 4 nitrogen and oxygen atoms in total. The zero-order chi connectivity index (χ0) is 14.8. The molecule has 0 heterocycles. The average Bonchev–Trinajstić information content (AvgIpc) is 2.32. The van der Waals surface area contributed by atoms with Gasteiger partial charge in [0.1, 0.15) is 5.78 Å². The number of rotatable bonds is 10. The lowest BCUT2D eigenvalue weighted by Gasteiger charge is -2.20. The second-order valence-electron chi connectivity index (χ2n) is 5.79. The number of carbonyl (C=O) groups is 2. The van der Waals surface area contributed by atoms with E-state index in [2.05, 4.69) is 19.2 Å². The van der Waals surface area contributed by atoms with Crippen LogP contribution < -0.4 is 5.32 Å². The van der Waals surface area contributed by atoms with E-state index in [0.29, 0.717) is 31.3 Å². The van der Waals surface area contributed by atoms with E-state index in [1.54, 1.807) is 0 Å². The molecule has 0 rings (SSSR count). The first-order valence-corrected chi connectivity index (χ1v) is 7.34. The van der Waals surface area contributed by atoms with Crippen molar-refractivity contribution in [1.29, 1.82) is 0 Å². The third-order valence-corrected chi connectivity index (χ3v) is 3.34. The number of Topliss-reactive ketones (excluding diaryl/α,β-unsaturated/α-hetero) is 1. The molecule has 0 saturated heterocycles. The minimum atomic E-state index is 0.0782. The first-order chi connectivity index (χ1) is 8.84. The molecule has 1 N–H and O–H groups in total. The van der Waals surface area contributed by atoms with Crippen molar-refractivity contribution in [3.05, 3.63) is 0 Å². The van der Waals surface area contributed by atoms with Crippen LogP contribution in [0.3, 0.4) is 0 Å². The summed E-state index contributed by atoms with van der Waals surface area (Å²) >= 11 is 0. The van der Waals surface area contributed by atoms with Crippen molar-refractivity contribution in [1.82, 2.24) is 10.2 Å². The summed E-state index contributed by atoms with van der Waals surface area (Å²) in [5, 5.41) is 2.91. The van der Waals surface area contributed by atoms with Crippen LogP contribution in [0.15, 0.2) is 0 Å². The lowest BCUT2D eigenvalue weighted by molar-refractivity contribution is -0.123. The lowest BCUT2D eigenvalue weighted by Crippen LogP contribution is -2.38. The Morgan fingerprint density at radius 3 is 2.21 bits per heavy atom. The van der Waals surface area contributed by atoms with Gasteiger partial charge in [-0.3, -0.25) is 14.5 Å². The smallest absolute Gasteiger partial charge is 0.234 e. The van der Waals surface area contributed by atoms with Gasteiger partial charge < -0.3 is 5.32 Å². The quantitative estimate of drug-likeness (QED) is 0.619. The van der Waals surface area contributed by atoms with Crippen molar-refractivity contribution in [3.8, 4) is 0 Å². The Morgan fingerprint density at radius 2 is 1.68 bits per heavy atom. The molecule has 0 aromatic carbocycles. The highest BCUT2D eigenvalue weighted by molar-refractivity contribution is 5.80. The van der Waals surface area contributed by atoms with E-state index in [9.17, 15) is 9.59 Å². The Morgan fingerprint density at radius 1 is 1.05 bits per heavy atom. The van der Waals surface area contributed by atoms with Crippen molar-refractivity contribution in [2.45, 2.75) is 59.4 Å². The van der Waals surface area contributed by atoms with Crippen molar-refractivity contribution < 1.29 is 9.59 Å². The van der Waals surface area contributed by atoms with Crippen LogP contribution >= 0.6 is 0 Å². The summed E-state index contributed by atoms with van der Waals surface area (Å²) < 4.78 is 0. The van der Waals surface area contributed by atoms with Crippen LogP contribution in [0.4, 0.5) is 0 Å². The van der Waals surface area contributed by atoms with Gasteiger partial charge in [0.15, 0.2) is 0 Å². The maximum atomic E-state index is 11.6. The SMILES string of the molecule is CC(C)C(=O)CCCCCNC(=O)CN(C)C(C)C. The fraction of sp³-hybridized carbons (Fsp3) is 0.867. The first kappa shape index (κ1) is 18.1.